The first-order chi connectivity index (χ1) is 10.0. The fourth-order valence-electron chi connectivity index (χ4n) is 2.02. The van der Waals surface area contributed by atoms with Crippen molar-refractivity contribution in [3.63, 3.8) is 0 Å². The number of hydrogen-bond acceptors (Lipinski definition) is 1. The zero-order valence-electron chi connectivity index (χ0n) is 11.4. The molecule has 21 heavy (non-hydrogen) atoms. The Kier molecular flexibility index (Phi) is 5.51. The first-order valence-electron chi connectivity index (χ1n) is 6.52. The fraction of sp³-hybridized carbons (Fsp3) is 0.188. The first-order valence-corrected chi connectivity index (χ1v) is 7.66. The van der Waals surface area contributed by atoms with Crippen LogP contribution >= 0.6 is 34.8 Å². The molecule has 2 rings (SSSR count). The lowest BCUT2D eigenvalue weighted by atomic mass is 10.0. The van der Waals surface area contributed by atoms with E-state index in [4.69, 9.17) is 34.8 Å². The quantitative estimate of drug-likeness (QED) is 0.778. The molecule has 0 aliphatic carbocycles. The minimum atomic E-state index is -0.246. The third kappa shape index (κ3) is 4.13. The van der Waals surface area contributed by atoms with Gasteiger partial charge in [0.05, 0.1) is 16.6 Å². The largest absolute Gasteiger partial charge is 0.345 e. The van der Waals surface area contributed by atoms with E-state index in [2.05, 4.69) is 5.32 Å². The van der Waals surface area contributed by atoms with Gasteiger partial charge in [0.25, 0.3) is 5.91 Å². The van der Waals surface area contributed by atoms with Crippen molar-refractivity contribution in [3.8, 4) is 0 Å². The van der Waals surface area contributed by atoms with E-state index in [0.717, 1.165) is 12.0 Å². The van der Waals surface area contributed by atoms with Gasteiger partial charge in [-0.2, -0.15) is 0 Å². The van der Waals surface area contributed by atoms with Crippen LogP contribution in [0.5, 0.6) is 0 Å². The van der Waals surface area contributed by atoms with E-state index in [-0.39, 0.29) is 11.9 Å². The van der Waals surface area contributed by atoms with E-state index in [0.29, 0.717) is 20.6 Å². The van der Waals surface area contributed by atoms with E-state index < -0.39 is 0 Å². The van der Waals surface area contributed by atoms with Crippen molar-refractivity contribution in [2.24, 2.45) is 0 Å². The van der Waals surface area contributed by atoms with Crippen LogP contribution in [-0.2, 0) is 0 Å². The van der Waals surface area contributed by atoms with Crippen molar-refractivity contribution in [2.75, 3.05) is 0 Å². The van der Waals surface area contributed by atoms with Crippen molar-refractivity contribution in [1.82, 2.24) is 5.32 Å². The zero-order valence-corrected chi connectivity index (χ0v) is 13.6. The number of rotatable bonds is 4. The van der Waals surface area contributed by atoms with Gasteiger partial charge in [0, 0.05) is 10.0 Å². The molecule has 0 saturated heterocycles. The molecule has 2 aromatic carbocycles. The predicted molar refractivity (Wildman–Crippen MR) is 88.4 cm³/mol. The molecule has 1 amide bonds. The molecule has 1 N–H and O–H groups in total. The highest BCUT2D eigenvalue weighted by Gasteiger charge is 2.16. The molecule has 0 fully saturated rings. The topological polar surface area (TPSA) is 29.1 Å². The molecule has 2 nitrogen and oxygen atoms in total. The molecule has 1 atom stereocenters. The number of carbonyl (C=O) groups is 1. The Morgan fingerprint density at radius 1 is 1.05 bits per heavy atom. The number of halogens is 3. The number of carbonyl (C=O) groups excluding carboxylic acids is 1. The maximum absolute atomic E-state index is 12.3. The van der Waals surface area contributed by atoms with Gasteiger partial charge >= 0.3 is 0 Å². The minimum Gasteiger partial charge on any atom is -0.345 e. The SMILES string of the molecule is CCC(NC(=O)c1cc(Cl)ccc1Cl)c1ccc(Cl)cc1. The third-order valence-corrected chi connectivity index (χ3v) is 3.98. The maximum atomic E-state index is 12.3. The van der Waals surface area contributed by atoms with Crippen molar-refractivity contribution in [2.45, 2.75) is 19.4 Å². The van der Waals surface area contributed by atoms with Gasteiger partial charge in [-0.15, -0.1) is 0 Å². The average Bonchev–Trinajstić information content (AvgIpc) is 2.48. The molecular weight excluding hydrogens is 329 g/mol. The van der Waals surface area contributed by atoms with E-state index in [1.165, 1.54) is 0 Å². The van der Waals surface area contributed by atoms with Crippen LogP contribution in [0.25, 0.3) is 0 Å². The summed E-state index contributed by atoms with van der Waals surface area (Å²) in [4.78, 5) is 12.3. The van der Waals surface area contributed by atoms with Crippen molar-refractivity contribution in [3.05, 3.63) is 68.7 Å². The second kappa shape index (κ2) is 7.17. The van der Waals surface area contributed by atoms with E-state index in [9.17, 15) is 4.79 Å². The van der Waals surface area contributed by atoms with Crippen molar-refractivity contribution in [1.29, 1.82) is 0 Å². The van der Waals surface area contributed by atoms with E-state index in [1.807, 2.05) is 19.1 Å². The molecule has 0 spiro atoms. The lowest BCUT2D eigenvalue weighted by Crippen LogP contribution is -2.28. The summed E-state index contributed by atoms with van der Waals surface area (Å²) in [7, 11) is 0. The number of benzene rings is 2. The van der Waals surface area contributed by atoms with Gasteiger partial charge in [0.2, 0.25) is 0 Å². The molecule has 0 saturated carbocycles. The monoisotopic (exact) mass is 341 g/mol. The van der Waals surface area contributed by atoms with Crippen LogP contribution in [0.3, 0.4) is 0 Å². The molecule has 0 radical (unpaired) electrons. The van der Waals surface area contributed by atoms with Gasteiger partial charge < -0.3 is 5.32 Å². The second-order valence-electron chi connectivity index (χ2n) is 4.61. The van der Waals surface area contributed by atoms with Gasteiger partial charge in [-0.05, 0) is 42.3 Å². The number of hydrogen-bond donors (Lipinski definition) is 1. The summed E-state index contributed by atoms with van der Waals surface area (Å²) in [6.07, 6.45) is 0.756. The normalized spacial score (nSPS) is 12.0. The highest BCUT2D eigenvalue weighted by atomic mass is 35.5. The molecule has 2 aromatic rings. The molecule has 0 aliphatic rings. The molecule has 5 heteroatoms. The molecule has 0 aromatic heterocycles. The Labute approximate surface area is 139 Å². The summed E-state index contributed by atoms with van der Waals surface area (Å²) in [5, 5.41) is 4.48. The Morgan fingerprint density at radius 3 is 2.29 bits per heavy atom. The smallest absolute Gasteiger partial charge is 0.253 e. The van der Waals surface area contributed by atoms with Crippen LogP contribution in [0.2, 0.25) is 15.1 Å². The minimum absolute atomic E-state index is 0.107. The van der Waals surface area contributed by atoms with E-state index >= 15 is 0 Å². The predicted octanol–water partition coefficient (Wildman–Crippen LogP) is 5.53. The molecule has 110 valence electrons. The average molecular weight is 343 g/mol. The van der Waals surface area contributed by atoms with E-state index in [1.54, 1.807) is 30.3 Å². The Bertz CT molecular complexity index is 640. The van der Waals surface area contributed by atoms with Crippen LogP contribution in [0.4, 0.5) is 0 Å². The maximum Gasteiger partial charge on any atom is 0.253 e. The van der Waals surface area contributed by atoms with Gasteiger partial charge in [-0.25, -0.2) is 0 Å². The molecule has 1 unspecified atom stereocenters. The van der Waals surface area contributed by atoms with Crippen LogP contribution < -0.4 is 5.32 Å². The van der Waals surface area contributed by atoms with Crippen LogP contribution in [0.1, 0.15) is 35.3 Å². The highest BCUT2D eigenvalue weighted by molar-refractivity contribution is 6.35. The van der Waals surface area contributed by atoms with Gasteiger partial charge in [0.15, 0.2) is 0 Å². The van der Waals surface area contributed by atoms with Gasteiger partial charge in [0.1, 0.15) is 0 Å². The molecule has 0 aliphatic heterocycles. The van der Waals surface area contributed by atoms with Gasteiger partial charge in [-0.3, -0.25) is 4.79 Å². The summed E-state index contributed by atoms with van der Waals surface area (Å²) in [5.74, 6) is -0.246. The molecular formula is C16H14Cl3NO. The second-order valence-corrected chi connectivity index (χ2v) is 5.89. The summed E-state index contributed by atoms with van der Waals surface area (Å²) in [6.45, 7) is 2.00. The van der Waals surface area contributed by atoms with Crippen LogP contribution in [-0.4, -0.2) is 5.91 Å². The van der Waals surface area contributed by atoms with Crippen molar-refractivity contribution >= 4 is 40.7 Å². The fourth-order valence-corrected chi connectivity index (χ4v) is 2.53. The third-order valence-electron chi connectivity index (χ3n) is 3.16. The summed E-state index contributed by atoms with van der Waals surface area (Å²) < 4.78 is 0. The highest BCUT2D eigenvalue weighted by Crippen LogP contribution is 2.23. The number of nitrogens with one attached hydrogen (secondary N) is 1. The summed E-state index contributed by atoms with van der Waals surface area (Å²) >= 11 is 17.8. The number of amides is 1. The van der Waals surface area contributed by atoms with Crippen LogP contribution in [0, 0.1) is 0 Å². The standard InChI is InChI=1S/C16H14Cl3NO/c1-2-15(10-3-5-11(17)6-4-10)20-16(21)13-9-12(18)7-8-14(13)19/h3-9,15H,2H2,1H3,(H,20,21). The molecule has 0 bridgehead atoms. The summed E-state index contributed by atoms with van der Waals surface area (Å²) in [6, 6.07) is 12.1. The zero-order chi connectivity index (χ0) is 15.4. The Morgan fingerprint density at radius 2 is 1.67 bits per heavy atom. The van der Waals surface area contributed by atoms with Gasteiger partial charge in [-0.1, -0.05) is 53.9 Å². The summed E-state index contributed by atoms with van der Waals surface area (Å²) in [5.41, 5.74) is 1.37. The van der Waals surface area contributed by atoms with Crippen molar-refractivity contribution < 1.29 is 4.79 Å². The Hall–Kier alpha value is -1.22. The lowest BCUT2D eigenvalue weighted by molar-refractivity contribution is 0.0935. The molecule has 0 heterocycles. The first kappa shape index (κ1) is 16.2. The lowest BCUT2D eigenvalue weighted by Gasteiger charge is -2.18. The Balaban J connectivity index is 2.20. The van der Waals surface area contributed by atoms with Crippen LogP contribution in [0.15, 0.2) is 42.5 Å².